The lowest BCUT2D eigenvalue weighted by Gasteiger charge is -2.11. The fourth-order valence-electron chi connectivity index (χ4n) is 1.88. The summed E-state index contributed by atoms with van der Waals surface area (Å²) >= 11 is 11.5. The maximum absolute atomic E-state index is 5.73. The second-order valence-electron chi connectivity index (χ2n) is 3.78. The maximum Gasteiger partial charge on any atom is 0.0226 e. The fourth-order valence-corrected chi connectivity index (χ4v) is 2.15. The van der Waals surface area contributed by atoms with E-state index in [2.05, 4.69) is 24.8 Å². The van der Waals surface area contributed by atoms with Gasteiger partial charge in [0.05, 0.1) is 0 Å². The van der Waals surface area contributed by atoms with Crippen molar-refractivity contribution in [3.63, 3.8) is 0 Å². The standard InChI is InChI=1S/C14H18Cl2/c1-2-14-12(8-4-10-15)6-3-7-13(14)9-5-11-16/h2-3,6-7H,1,4-5,8-11H2. The van der Waals surface area contributed by atoms with Crippen LogP contribution in [0.5, 0.6) is 0 Å². The number of aryl methyl sites for hydroxylation is 2. The van der Waals surface area contributed by atoms with Crippen molar-refractivity contribution in [2.75, 3.05) is 11.8 Å². The molecule has 0 aliphatic carbocycles. The molecule has 0 unspecified atom stereocenters. The van der Waals surface area contributed by atoms with Gasteiger partial charge in [0.1, 0.15) is 0 Å². The summed E-state index contributed by atoms with van der Waals surface area (Å²) in [6.45, 7) is 3.90. The van der Waals surface area contributed by atoms with Gasteiger partial charge in [-0.15, -0.1) is 23.2 Å². The summed E-state index contributed by atoms with van der Waals surface area (Å²) in [6.07, 6.45) is 6.04. The molecular weight excluding hydrogens is 239 g/mol. The van der Waals surface area contributed by atoms with Crippen LogP contribution >= 0.6 is 23.2 Å². The van der Waals surface area contributed by atoms with Gasteiger partial charge in [-0.2, -0.15) is 0 Å². The molecule has 0 heterocycles. The summed E-state index contributed by atoms with van der Waals surface area (Å²) in [6, 6.07) is 6.43. The van der Waals surface area contributed by atoms with Crippen LogP contribution in [-0.2, 0) is 12.8 Å². The molecule has 0 spiro atoms. The normalized spacial score (nSPS) is 10.4. The highest BCUT2D eigenvalue weighted by molar-refractivity contribution is 6.18. The summed E-state index contributed by atoms with van der Waals surface area (Å²) in [5.74, 6) is 1.42. The minimum absolute atomic E-state index is 0.711. The van der Waals surface area contributed by atoms with Crippen molar-refractivity contribution in [3.8, 4) is 0 Å². The molecule has 1 aromatic rings. The highest BCUT2D eigenvalue weighted by atomic mass is 35.5. The smallest absolute Gasteiger partial charge is 0.0226 e. The number of alkyl halides is 2. The Hall–Kier alpha value is -0.460. The van der Waals surface area contributed by atoms with Crippen molar-refractivity contribution in [2.45, 2.75) is 25.7 Å². The monoisotopic (exact) mass is 256 g/mol. The Kier molecular flexibility index (Phi) is 6.59. The van der Waals surface area contributed by atoms with Gasteiger partial charge in [0.15, 0.2) is 0 Å². The zero-order chi connectivity index (χ0) is 11.8. The lowest BCUT2D eigenvalue weighted by Crippen LogP contribution is -1.97. The van der Waals surface area contributed by atoms with Gasteiger partial charge in [-0.3, -0.25) is 0 Å². The molecule has 0 saturated carbocycles. The first-order chi connectivity index (χ1) is 7.83. The summed E-state index contributed by atoms with van der Waals surface area (Å²) < 4.78 is 0. The lowest BCUT2D eigenvalue weighted by molar-refractivity contribution is 0.897. The van der Waals surface area contributed by atoms with Gasteiger partial charge in [0.2, 0.25) is 0 Å². The summed E-state index contributed by atoms with van der Waals surface area (Å²) in [7, 11) is 0. The van der Waals surface area contributed by atoms with E-state index >= 15 is 0 Å². The van der Waals surface area contributed by atoms with Gasteiger partial charge in [-0.1, -0.05) is 30.9 Å². The third-order valence-corrected chi connectivity index (χ3v) is 3.18. The van der Waals surface area contributed by atoms with Crippen molar-refractivity contribution in [2.24, 2.45) is 0 Å². The van der Waals surface area contributed by atoms with Gasteiger partial charge in [0, 0.05) is 11.8 Å². The molecule has 0 N–H and O–H groups in total. The molecule has 0 bridgehead atoms. The van der Waals surface area contributed by atoms with Crippen LogP contribution in [0, 0.1) is 0 Å². The Morgan fingerprint density at radius 3 is 1.88 bits per heavy atom. The first-order valence-corrected chi connectivity index (χ1v) is 6.75. The van der Waals surface area contributed by atoms with Crippen LogP contribution in [0.2, 0.25) is 0 Å². The highest BCUT2D eigenvalue weighted by Crippen LogP contribution is 2.19. The predicted octanol–water partition coefficient (Wildman–Crippen LogP) is 4.67. The number of benzene rings is 1. The number of hydrogen-bond donors (Lipinski definition) is 0. The lowest BCUT2D eigenvalue weighted by atomic mass is 9.95. The SMILES string of the molecule is C=Cc1c(CCCCl)cccc1CCCCl. The van der Waals surface area contributed by atoms with Crippen molar-refractivity contribution in [1.82, 2.24) is 0 Å². The minimum Gasteiger partial charge on any atom is -0.127 e. The quantitative estimate of drug-likeness (QED) is 0.622. The molecule has 0 amide bonds. The van der Waals surface area contributed by atoms with Gasteiger partial charge >= 0.3 is 0 Å². The third-order valence-electron chi connectivity index (χ3n) is 2.65. The highest BCUT2D eigenvalue weighted by Gasteiger charge is 2.04. The molecule has 1 rings (SSSR count). The molecule has 0 fully saturated rings. The zero-order valence-corrected chi connectivity index (χ0v) is 11.0. The molecule has 2 heteroatoms. The first-order valence-electron chi connectivity index (χ1n) is 5.68. The van der Waals surface area contributed by atoms with Crippen LogP contribution in [0.15, 0.2) is 24.8 Å². The van der Waals surface area contributed by atoms with E-state index < -0.39 is 0 Å². The van der Waals surface area contributed by atoms with Crippen LogP contribution < -0.4 is 0 Å². The molecule has 0 radical (unpaired) electrons. The van der Waals surface area contributed by atoms with E-state index in [1.54, 1.807) is 0 Å². The first kappa shape index (κ1) is 13.6. The molecule has 88 valence electrons. The number of rotatable bonds is 7. The largest absolute Gasteiger partial charge is 0.127 e. The number of hydrogen-bond acceptors (Lipinski definition) is 0. The Balaban J connectivity index is 2.86. The molecule has 0 atom stereocenters. The van der Waals surface area contributed by atoms with Crippen molar-refractivity contribution in [1.29, 1.82) is 0 Å². The summed E-state index contributed by atoms with van der Waals surface area (Å²) in [5.41, 5.74) is 3.98. The molecule has 1 aromatic carbocycles. The second kappa shape index (κ2) is 7.76. The summed E-state index contributed by atoms with van der Waals surface area (Å²) in [4.78, 5) is 0. The Labute approximate surface area is 108 Å². The second-order valence-corrected chi connectivity index (χ2v) is 4.54. The van der Waals surface area contributed by atoms with Crippen molar-refractivity contribution >= 4 is 29.3 Å². The molecule has 0 aliphatic rings. The van der Waals surface area contributed by atoms with E-state index in [1.807, 2.05) is 6.08 Å². The molecular formula is C14H18Cl2. The van der Waals surface area contributed by atoms with Crippen molar-refractivity contribution in [3.05, 3.63) is 41.5 Å². The van der Waals surface area contributed by atoms with Crippen LogP contribution in [-0.4, -0.2) is 11.8 Å². The molecule has 0 saturated heterocycles. The van der Waals surface area contributed by atoms with Gasteiger partial charge < -0.3 is 0 Å². The number of halogens is 2. The fraction of sp³-hybridized carbons (Fsp3) is 0.429. The maximum atomic E-state index is 5.73. The van der Waals surface area contributed by atoms with E-state index in [-0.39, 0.29) is 0 Å². The molecule has 0 aromatic heterocycles. The van der Waals surface area contributed by atoms with Gasteiger partial charge in [-0.05, 0) is 42.4 Å². The van der Waals surface area contributed by atoms with Gasteiger partial charge in [0.25, 0.3) is 0 Å². The Morgan fingerprint density at radius 2 is 1.50 bits per heavy atom. The van der Waals surface area contributed by atoms with E-state index in [1.165, 1.54) is 16.7 Å². The Bertz CT molecular complexity index is 305. The van der Waals surface area contributed by atoms with Crippen molar-refractivity contribution < 1.29 is 0 Å². The van der Waals surface area contributed by atoms with E-state index in [9.17, 15) is 0 Å². The topological polar surface area (TPSA) is 0 Å². The van der Waals surface area contributed by atoms with Crippen LogP contribution in [0.4, 0.5) is 0 Å². The van der Waals surface area contributed by atoms with E-state index in [0.717, 1.165) is 25.7 Å². The zero-order valence-electron chi connectivity index (χ0n) is 9.52. The van der Waals surface area contributed by atoms with E-state index in [0.29, 0.717) is 11.8 Å². The van der Waals surface area contributed by atoms with Crippen LogP contribution in [0.3, 0.4) is 0 Å². The van der Waals surface area contributed by atoms with Gasteiger partial charge in [-0.25, -0.2) is 0 Å². The van der Waals surface area contributed by atoms with Crippen LogP contribution in [0.25, 0.3) is 6.08 Å². The third kappa shape index (κ3) is 3.84. The molecule has 16 heavy (non-hydrogen) atoms. The molecule has 0 aliphatic heterocycles. The molecule has 0 nitrogen and oxygen atoms in total. The summed E-state index contributed by atoms with van der Waals surface area (Å²) in [5, 5.41) is 0. The van der Waals surface area contributed by atoms with Crippen LogP contribution in [0.1, 0.15) is 29.5 Å². The average Bonchev–Trinajstić information content (AvgIpc) is 2.33. The van der Waals surface area contributed by atoms with E-state index in [4.69, 9.17) is 23.2 Å². The minimum atomic E-state index is 0.711. The average molecular weight is 257 g/mol. The predicted molar refractivity (Wildman–Crippen MR) is 74.6 cm³/mol. The Morgan fingerprint density at radius 1 is 1.00 bits per heavy atom.